The highest BCUT2D eigenvalue weighted by atomic mass is 19.1. The van der Waals surface area contributed by atoms with Gasteiger partial charge >= 0.3 is 0 Å². The van der Waals surface area contributed by atoms with Gasteiger partial charge in [0.05, 0.1) is 11.8 Å². The smallest absolute Gasteiger partial charge is 0.261 e. The van der Waals surface area contributed by atoms with Gasteiger partial charge in [0.25, 0.3) is 5.91 Å². The molecule has 0 bridgehead atoms. The van der Waals surface area contributed by atoms with E-state index < -0.39 is 11.7 Å². The normalized spacial score (nSPS) is 10.2. The van der Waals surface area contributed by atoms with Crippen LogP contribution >= 0.6 is 0 Å². The number of aromatic nitrogens is 1. The van der Waals surface area contributed by atoms with Gasteiger partial charge in [0.1, 0.15) is 0 Å². The lowest BCUT2D eigenvalue weighted by Crippen LogP contribution is -2.27. The van der Waals surface area contributed by atoms with Crippen LogP contribution in [0.25, 0.3) is 0 Å². The van der Waals surface area contributed by atoms with E-state index in [-0.39, 0.29) is 5.56 Å². The number of pyridine rings is 1. The molecule has 1 aromatic heterocycles. The van der Waals surface area contributed by atoms with E-state index in [1.165, 1.54) is 17.2 Å². The molecule has 0 aliphatic carbocycles. The van der Waals surface area contributed by atoms with E-state index in [1.54, 1.807) is 7.05 Å². The second kappa shape index (κ2) is 4.96. The van der Waals surface area contributed by atoms with Crippen LogP contribution in [0.4, 0.5) is 10.1 Å². The van der Waals surface area contributed by atoms with Crippen LogP contribution in [0.2, 0.25) is 0 Å². The van der Waals surface area contributed by atoms with Crippen LogP contribution < -0.4 is 4.90 Å². The molecule has 1 heterocycles. The topological polar surface area (TPSA) is 33.2 Å². The van der Waals surface area contributed by atoms with Crippen molar-refractivity contribution in [2.45, 2.75) is 6.92 Å². The maximum Gasteiger partial charge on any atom is 0.261 e. The number of carbonyl (C=O) groups excluding carboxylic acids is 1. The van der Waals surface area contributed by atoms with Crippen molar-refractivity contribution in [3.05, 3.63) is 59.7 Å². The summed E-state index contributed by atoms with van der Waals surface area (Å²) in [6.45, 7) is 1.97. The third-order valence-electron chi connectivity index (χ3n) is 2.73. The van der Waals surface area contributed by atoms with Crippen LogP contribution in [0.15, 0.2) is 42.7 Å². The fourth-order valence-electron chi connectivity index (χ4n) is 1.61. The summed E-state index contributed by atoms with van der Waals surface area (Å²) in [6.07, 6.45) is 2.44. The van der Waals surface area contributed by atoms with Crippen molar-refractivity contribution in [1.82, 2.24) is 4.98 Å². The molecule has 0 fully saturated rings. The lowest BCUT2D eigenvalue weighted by Gasteiger charge is -2.17. The molecule has 0 atom stereocenters. The molecular formula is C14H13FN2O. The highest BCUT2D eigenvalue weighted by Gasteiger charge is 2.16. The fourth-order valence-corrected chi connectivity index (χ4v) is 1.61. The first kappa shape index (κ1) is 12.2. The van der Waals surface area contributed by atoms with Gasteiger partial charge in [-0.3, -0.25) is 9.78 Å². The van der Waals surface area contributed by atoms with E-state index in [9.17, 15) is 9.18 Å². The number of amides is 1. The summed E-state index contributed by atoms with van der Waals surface area (Å²) in [6, 6.07) is 8.84. The largest absolute Gasteiger partial charge is 0.311 e. The van der Waals surface area contributed by atoms with Crippen molar-refractivity contribution in [3.63, 3.8) is 0 Å². The first-order valence-electron chi connectivity index (χ1n) is 5.54. The molecule has 0 radical (unpaired) electrons. The van der Waals surface area contributed by atoms with Crippen LogP contribution in [0.5, 0.6) is 0 Å². The Bertz CT molecular complexity index is 566. The Kier molecular flexibility index (Phi) is 3.37. The standard InChI is InChI=1S/C14H13FN2O/c1-10-3-5-11(6-4-10)17(2)14(18)12-7-8-16-9-13(12)15/h3-9H,1-2H3. The summed E-state index contributed by atoms with van der Waals surface area (Å²) in [5.41, 5.74) is 1.85. The summed E-state index contributed by atoms with van der Waals surface area (Å²) in [4.78, 5) is 17.1. The van der Waals surface area contributed by atoms with Crippen molar-refractivity contribution in [2.75, 3.05) is 11.9 Å². The summed E-state index contributed by atoms with van der Waals surface area (Å²) < 4.78 is 13.5. The van der Waals surface area contributed by atoms with Crippen molar-refractivity contribution >= 4 is 11.6 Å². The molecule has 0 unspecified atom stereocenters. The quantitative estimate of drug-likeness (QED) is 0.813. The van der Waals surface area contributed by atoms with Gasteiger partial charge in [-0.1, -0.05) is 17.7 Å². The van der Waals surface area contributed by atoms with E-state index in [0.717, 1.165) is 17.4 Å². The Morgan fingerprint density at radius 3 is 2.50 bits per heavy atom. The summed E-state index contributed by atoms with van der Waals surface area (Å²) in [5, 5.41) is 0. The molecule has 0 N–H and O–H groups in total. The van der Waals surface area contributed by atoms with Crippen LogP contribution in [-0.4, -0.2) is 17.9 Å². The van der Waals surface area contributed by atoms with E-state index in [2.05, 4.69) is 4.98 Å². The van der Waals surface area contributed by atoms with Crippen molar-refractivity contribution in [1.29, 1.82) is 0 Å². The molecule has 18 heavy (non-hydrogen) atoms. The lowest BCUT2D eigenvalue weighted by atomic mass is 10.2. The summed E-state index contributed by atoms with van der Waals surface area (Å²) in [7, 11) is 1.62. The van der Waals surface area contributed by atoms with Crippen LogP contribution in [0.1, 0.15) is 15.9 Å². The average molecular weight is 244 g/mol. The molecule has 3 nitrogen and oxygen atoms in total. The van der Waals surface area contributed by atoms with Gasteiger partial charge in [-0.15, -0.1) is 0 Å². The zero-order valence-electron chi connectivity index (χ0n) is 10.2. The molecule has 0 saturated heterocycles. The van der Waals surface area contributed by atoms with Gasteiger partial charge in [0, 0.05) is 18.9 Å². The highest BCUT2D eigenvalue weighted by molar-refractivity contribution is 6.05. The molecule has 2 aromatic rings. The Morgan fingerprint density at radius 2 is 1.89 bits per heavy atom. The molecule has 1 aromatic carbocycles. The minimum atomic E-state index is -0.610. The van der Waals surface area contributed by atoms with Crippen LogP contribution in [0.3, 0.4) is 0 Å². The van der Waals surface area contributed by atoms with Crippen molar-refractivity contribution in [3.8, 4) is 0 Å². The second-order valence-electron chi connectivity index (χ2n) is 4.06. The van der Waals surface area contributed by atoms with Gasteiger partial charge in [0.2, 0.25) is 0 Å². The first-order chi connectivity index (χ1) is 8.59. The van der Waals surface area contributed by atoms with Gasteiger partial charge in [0.15, 0.2) is 5.82 Å². The molecule has 0 spiro atoms. The minimum absolute atomic E-state index is 0.0214. The maximum atomic E-state index is 13.5. The summed E-state index contributed by atoms with van der Waals surface area (Å²) in [5.74, 6) is -1.000. The van der Waals surface area contributed by atoms with Crippen molar-refractivity contribution in [2.24, 2.45) is 0 Å². The fraction of sp³-hybridized carbons (Fsp3) is 0.143. The third-order valence-corrected chi connectivity index (χ3v) is 2.73. The van der Waals surface area contributed by atoms with Gasteiger partial charge in [-0.2, -0.15) is 0 Å². The molecule has 0 saturated carbocycles. The first-order valence-corrected chi connectivity index (χ1v) is 5.54. The van der Waals surface area contributed by atoms with Crippen molar-refractivity contribution < 1.29 is 9.18 Å². The van der Waals surface area contributed by atoms with Gasteiger partial charge < -0.3 is 4.90 Å². The number of rotatable bonds is 2. The van der Waals surface area contributed by atoms with Gasteiger partial charge in [-0.05, 0) is 25.1 Å². The number of hydrogen-bond acceptors (Lipinski definition) is 2. The predicted molar refractivity (Wildman–Crippen MR) is 68.1 cm³/mol. The Labute approximate surface area is 105 Å². The number of carbonyl (C=O) groups is 1. The molecule has 2 rings (SSSR count). The van der Waals surface area contributed by atoms with E-state index in [0.29, 0.717) is 0 Å². The molecule has 0 aliphatic rings. The highest BCUT2D eigenvalue weighted by Crippen LogP contribution is 2.17. The summed E-state index contributed by atoms with van der Waals surface area (Å²) >= 11 is 0. The van der Waals surface area contributed by atoms with E-state index >= 15 is 0 Å². The number of anilines is 1. The van der Waals surface area contributed by atoms with E-state index in [1.807, 2.05) is 31.2 Å². The van der Waals surface area contributed by atoms with Gasteiger partial charge in [-0.25, -0.2) is 4.39 Å². The third kappa shape index (κ3) is 2.37. The number of halogens is 1. The Hall–Kier alpha value is -2.23. The molecule has 1 amide bonds. The lowest BCUT2D eigenvalue weighted by molar-refractivity contribution is 0.0989. The zero-order chi connectivity index (χ0) is 13.1. The number of benzene rings is 1. The molecule has 0 aliphatic heterocycles. The number of aryl methyl sites for hydroxylation is 1. The van der Waals surface area contributed by atoms with Crippen LogP contribution in [-0.2, 0) is 0 Å². The number of hydrogen-bond donors (Lipinski definition) is 0. The zero-order valence-corrected chi connectivity index (χ0v) is 10.2. The maximum absolute atomic E-state index is 13.5. The molecule has 92 valence electrons. The monoisotopic (exact) mass is 244 g/mol. The SMILES string of the molecule is Cc1ccc(N(C)C(=O)c2ccncc2F)cc1. The Balaban J connectivity index is 2.29. The second-order valence-corrected chi connectivity index (χ2v) is 4.06. The Morgan fingerprint density at radius 1 is 1.22 bits per heavy atom. The molecular weight excluding hydrogens is 231 g/mol. The minimum Gasteiger partial charge on any atom is -0.311 e. The molecule has 4 heteroatoms. The predicted octanol–water partition coefficient (Wildman–Crippen LogP) is 2.81. The van der Waals surface area contributed by atoms with Crippen LogP contribution in [0, 0.1) is 12.7 Å². The number of nitrogens with zero attached hydrogens (tertiary/aromatic N) is 2. The average Bonchev–Trinajstić information content (AvgIpc) is 2.38. The van der Waals surface area contributed by atoms with E-state index in [4.69, 9.17) is 0 Å².